The number of esters is 1. The molecule has 0 amide bonds. The number of fused-ring (bicyclic) bond motifs is 1. The minimum Gasteiger partial charge on any atom is -0.465 e. The van der Waals surface area contributed by atoms with Gasteiger partial charge in [0.25, 0.3) is 5.56 Å². The van der Waals surface area contributed by atoms with Crippen LogP contribution in [0.25, 0.3) is 10.9 Å². The van der Waals surface area contributed by atoms with Crippen molar-refractivity contribution in [2.45, 2.75) is 0 Å². The third-order valence-electron chi connectivity index (χ3n) is 1.97. The van der Waals surface area contributed by atoms with Crippen LogP contribution in [-0.4, -0.2) is 28.5 Å². The summed E-state index contributed by atoms with van der Waals surface area (Å²) in [5.74, 6) is -0.492. The Morgan fingerprint density at radius 1 is 1.47 bits per heavy atom. The van der Waals surface area contributed by atoms with Crippen LogP contribution in [0.15, 0.2) is 23.0 Å². The summed E-state index contributed by atoms with van der Waals surface area (Å²) in [5, 5.41) is 9.62. The van der Waals surface area contributed by atoms with Gasteiger partial charge in [0.05, 0.1) is 18.1 Å². The molecule has 0 bridgehead atoms. The van der Waals surface area contributed by atoms with E-state index in [1.54, 1.807) is 6.07 Å². The van der Waals surface area contributed by atoms with E-state index in [4.69, 9.17) is 0 Å². The van der Waals surface area contributed by atoms with Crippen LogP contribution in [0.3, 0.4) is 0 Å². The fourth-order valence-corrected chi connectivity index (χ4v) is 1.23. The molecular formula is C9H7N3O3. The number of benzene rings is 1. The predicted molar refractivity (Wildman–Crippen MR) is 51.5 cm³/mol. The molecule has 0 saturated heterocycles. The summed E-state index contributed by atoms with van der Waals surface area (Å²) in [7, 11) is 1.28. The molecule has 1 aromatic heterocycles. The van der Waals surface area contributed by atoms with E-state index in [-0.39, 0.29) is 5.56 Å². The van der Waals surface area contributed by atoms with E-state index >= 15 is 0 Å². The molecule has 0 saturated carbocycles. The largest absolute Gasteiger partial charge is 0.465 e. The van der Waals surface area contributed by atoms with Crippen LogP contribution in [0.1, 0.15) is 10.4 Å². The first kappa shape index (κ1) is 9.32. The number of aromatic nitrogens is 3. The minimum atomic E-state index is -0.492. The molecule has 0 spiro atoms. The van der Waals surface area contributed by atoms with E-state index in [1.165, 1.54) is 19.2 Å². The van der Waals surface area contributed by atoms with E-state index in [0.717, 1.165) is 0 Å². The van der Waals surface area contributed by atoms with Crippen molar-refractivity contribution in [1.29, 1.82) is 0 Å². The molecule has 1 aromatic carbocycles. The van der Waals surface area contributed by atoms with Gasteiger partial charge < -0.3 is 4.74 Å². The number of carbonyl (C=O) groups is 1. The highest BCUT2D eigenvalue weighted by atomic mass is 16.5. The van der Waals surface area contributed by atoms with Gasteiger partial charge in [-0.05, 0) is 18.2 Å². The maximum Gasteiger partial charge on any atom is 0.337 e. The Bertz CT molecular complexity index is 576. The van der Waals surface area contributed by atoms with Crippen molar-refractivity contribution >= 4 is 16.9 Å². The summed E-state index contributed by atoms with van der Waals surface area (Å²) >= 11 is 0. The lowest BCUT2D eigenvalue weighted by molar-refractivity contribution is 0.0601. The summed E-state index contributed by atoms with van der Waals surface area (Å²) in [4.78, 5) is 22.5. The second-order valence-corrected chi connectivity index (χ2v) is 2.86. The number of hydrogen-bond donors (Lipinski definition) is 1. The number of ether oxygens (including phenoxy) is 1. The van der Waals surface area contributed by atoms with Gasteiger partial charge in [-0.15, -0.1) is 5.10 Å². The zero-order valence-corrected chi connectivity index (χ0v) is 7.85. The number of rotatable bonds is 1. The van der Waals surface area contributed by atoms with Gasteiger partial charge in [0, 0.05) is 0 Å². The second kappa shape index (κ2) is 3.49. The van der Waals surface area contributed by atoms with Gasteiger partial charge in [-0.25, -0.2) is 9.89 Å². The molecule has 76 valence electrons. The minimum absolute atomic E-state index is 0.309. The summed E-state index contributed by atoms with van der Waals surface area (Å²) in [5.41, 5.74) is 0.362. The molecule has 0 radical (unpaired) electrons. The normalized spacial score (nSPS) is 10.2. The number of methoxy groups -OCH3 is 1. The maximum absolute atomic E-state index is 11.3. The smallest absolute Gasteiger partial charge is 0.337 e. The van der Waals surface area contributed by atoms with Crippen LogP contribution < -0.4 is 5.56 Å². The van der Waals surface area contributed by atoms with Gasteiger partial charge in [0.15, 0.2) is 0 Å². The number of hydrogen-bond acceptors (Lipinski definition) is 5. The van der Waals surface area contributed by atoms with E-state index in [1.807, 2.05) is 0 Å². The number of aromatic amines is 1. The third-order valence-corrected chi connectivity index (χ3v) is 1.97. The van der Waals surface area contributed by atoms with Gasteiger partial charge in [0.1, 0.15) is 5.52 Å². The van der Waals surface area contributed by atoms with Gasteiger partial charge >= 0.3 is 5.97 Å². The zero-order valence-electron chi connectivity index (χ0n) is 7.85. The van der Waals surface area contributed by atoms with Crippen molar-refractivity contribution in [3.63, 3.8) is 0 Å². The standard InChI is InChI=1S/C9H7N3O3/c1-15-9(14)5-2-3-7-6(4-5)8(13)11-12-10-7/h2-4H,1H3,(H,10,11,13). The van der Waals surface area contributed by atoms with Crippen LogP contribution in [-0.2, 0) is 4.74 Å². The lowest BCUT2D eigenvalue weighted by Gasteiger charge is -1.99. The summed E-state index contributed by atoms with van der Waals surface area (Å²) in [6, 6.07) is 4.50. The molecule has 0 aliphatic heterocycles. The van der Waals surface area contributed by atoms with E-state index in [2.05, 4.69) is 20.1 Å². The molecule has 15 heavy (non-hydrogen) atoms. The first-order valence-electron chi connectivity index (χ1n) is 4.16. The van der Waals surface area contributed by atoms with Crippen LogP contribution in [0.5, 0.6) is 0 Å². The van der Waals surface area contributed by atoms with Crippen LogP contribution in [0.2, 0.25) is 0 Å². The van der Waals surface area contributed by atoms with Gasteiger partial charge in [-0.1, -0.05) is 5.21 Å². The number of nitrogens with one attached hydrogen (secondary N) is 1. The average molecular weight is 205 g/mol. The molecule has 0 atom stereocenters. The molecule has 6 heteroatoms. The van der Waals surface area contributed by atoms with E-state index in [0.29, 0.717) is 16.5 Å². The van der Waals surface area contributed by atoms with Crippen LogP contribution >= 0.6 is 0 Å². The lowest BCUT2D eigenvalue weighted by atomic mass is 10.1. The highest BCUT2D eigenvalue weighted by Crippen LogP contribution is 2.09. The Labute approximate surface area is 83.9 Å². The molecule has 1 heterocycles. The van der Waals surface area contributed by atoms with E-state index < -0.39 is 5.97 Å². The first-order chi connectivity index (χ1) is 7.22. The number of carbonyl (C=O) groups excluding carboxylic acids is 1. The fraction of sp³-hybridized carbons (Fsp3) is 0.111. The molecule has 6 nitrogen and oxygen atoms in total. The monoisotopic (exact) mass is 205 g/mol. The molecule has 0 aliphatic rings. The molecule has 2 aromatic rings. The predicted octanol–water partition coefficient (Wildman–Crippen LogP) is 0.105. The van der Waals surface area contributed by atoms with Crippen LogP contribution in [0, 0.1) is 0 Å². The Balaban J connectivity index is 2.70. The third kappa shape index (κ3) is 1.56. The van der Waals surface area contributed by atoms with Gasteiger partial charge in [0.2, 0.25) is 0 Å². The molecule has 0 unspecified atom stereocenters. The lowest BCUT2D eigenvalue weighted by Crippen LogP contribution is -2.11. The quantitative estimate of drug-likeness (QED) is 0.667. The molecule has 1 N–H and O–H groups in total. The highest BCUT2D eigenvalue weighted by molar-refractivity contribution is 5.93. The SMILES string of the molecule is COC(=O)c1ccc2nn[nH]c(=O)c2c1. The summed E-state index contributed by atoms with van der Waals surface area (Å²) in [6.45, 7) is 0. The first-order valence-corrected chi connectivity index (χ1v) is 4.16. The molecule has 0 aliphatic carbocycles. The molecule has 0 fully saturated rings. The Kier molecular flexibility index (Phi) is 2.17. The summed E-state index contributed by atoms with van der Waals surface area (Å²) < 4.78 is 4.54. The molecular weight excluding hydrogens is 198 g/mol. The van der Waals surface area contributed by atoms with E-state index in [9.17, 15) is 9.59 Å². The Hall–Kier alpha value is -2.24. The van der Waals surface area contributed by atoms with Gasteiger partial charge in [-0.3, -0.25) is 4.79 Å². The van der Waals surface area contributed by atoms with Crippen molar-refractivity contribution in [3.05, 3.63) is 34.1 Å². The van der Waals surface area contributed by atoms with Crippen molar-refractivity contribution < 1.29 is 9.53 Å². The Morgan fingerprint density at radius 3 is 3.00 bits per heavy atom. The highest BCUT2D eigenvalue weighted by Gasteiger charge is 2.08. The fourth-order valence-electron chi connectivity index (χ4n) is 1.23. The van der Waals surface area contributed by atoms with Gasteiger partial charge in [-0.2, -0.15) is 0 Å². The Morgan fingerprint density at radius 2 is 2.27 bits per heavy atom. The number of nitrogens with zero attached hydrogens (tertiary/aromatic N) is 2. The van der Waals surface area contributed by atoms with Crippen molar-refractivity contribution in [2.24, 2.45) is 0 Å². The topological polar surface area (TPSA) is 84.9 Å². The van der Waals surface area contributed by atoms with Crippen molar-refractivity contribution in [1.82, 2.24) is 15.4 Å². The molecule has 2 rings (SSSR count). The van der Waals surface area contributed by atoms with Crippen molar-refractivity contribution in [3.8, 4) is 0 Å². The average Bonchev–Trinajstić information content (AvgIpc) is 2.28. The number of H-pyrrole nitrogens is 1. The zero-order chi connectivity index (χ0) is 10.8. The second-order valence-electron chi connectivity index (χ2n) is 2.86. The summed E-state index contributed by atoms with van der Waals surface area (Å²) in [6.07, 6.45) is 0. The van der Waals surface area contributed by atoms with Crippen molar-refractivity contribution in [2.75, 3.05) is 7.11 Å². The maximum atomic E-state index is 11.3. The van der Waals surface area contributed by atoms with Crippen LogP contribution in [0.4, 0.5) is 0 Å².